The predicted molar refractivity (Wildman–Crippen MR) is 77.4 cm³/mol. The van der Waals surface area contributed by atoms with E-state index in [0.29, 0.717) is 6.04 Å². The minimum absolute atomic E-state index is 0.329. The van der Waals surface area contributed by atoms with Crippen molar-refractivity contribution in [3.8, 4) is 0 Å². The molecule has 1 unspecified atom stereocenters. The van der Waals surface area contributed by atoms with E-state index in [9.17, 15) is 0 Å². The predicted octanol–water partition coefficient (Wildman–Crippen LogP) is 4.11. The van der Waals surface area contributed by atoms with Gasteiger partial charge in [0, 0.05) is 15.4 Å². The van der Waals surface area contributed by atoms with Crippen molar-refractivity contribution in [1.82, 2.24) is 4.98 Å². The monoisotopic (exact) mass is 258 g/mol. The van der Waals surface area contributed by atoms with Crippen molar-refractivity contribution in [2.45, 2.75) is 39.2 Å². The largest absolute Gasteiger partial charge is 0.363 e. The zero-order valence-corrected chi connectivity index (χ0v) is 11.7. The van der Waals surface area contributed by atoms with Gasteiger partial charge in [-0.15, -0.1) is 11.3 Å². The Balaban J connectivity index is 1.76. The Kier molecular flexibility index (Phi) is 3.08. The maximum Gasteiger partial charge on any atom is 0.126 e. The van der Waals surface area contributed by atoms with Crippen molar-refractivity contribution in [3.63, 3.8) is 0 Å². The van der Waals surface area contributed by atoms with Crippen LogP contribution in [0.15, 0.2) is 24.3 Å². The molecule has 0 aliphatic heterocycles. The number of rotatable bonds is 3. The Labute approximate surface area is 112 Å². The first-order chi connectivity index (χ1) is 8.72. The van der Waals surface area contributed by atoms with Crippen LogP contribution in [0.2, 0.25) is 0 Å². The molecule has 1 aliphatic rings. The normalized spacial score (nSPS) is 15.4. The molecule has 0 bridgehead atoms. The molecule has 3 heteroatoms. The quantitative estimate of drug-likeness (QED) is 0.896. The first-order valence-electron chi connectivity index (χ1n) is 6.54. The molecule has 2 nitrogen and oxygen atoms in total. The maximum atomic E-state index is 4.72. The number of hydrogen-bond donors (Lipinski definition) is 1. The van der Waals surface area contributed by atoms with Gasteiger partial charge in [-0.2, -0.15) is 0 Å². The second-order valence-corrected chi connectivity index (χ2v) is 6.29. The van der Waals surface area contributed by atoms with E-state index in [1.165, 1.54) is 33.9 Å². The van der Waals surface area contributed by atoms with Crippen LogP contribution < -0.4 is 5.32 Å². The van der Waals surface area contributed by atoms with Crippen LogP contribution in [0.5, 0.6) is 0 Å². The van der Waals surface area contributed by atoms with Crippen LogP contribution in [0.1, 0.15) is 40.4 Å². The fourth-order valence-electron chi connectivity index (χ4n) is 2.48. The van der Waals surface area contributed by atoms with Crippen molar-refractivity contribution >= 4 is 17.2 Å². The van der Waals surface area contributed by atoms with Gasteiger partial charge in [0.2, 0.25) is 0 Å². The standard InChI is InChI=1S/C15H18N2S/c1-10-6-8-14(18-10)11(2)16-15-9-7-12-4-3-5-13(12)17-15/h6-9,11H,3-5H2,1-2H3,(H,16,17). The summed E-state index contributed by atoms with van der Waals surface area (Å²) in [5, 5.41) is 3.50. The molecule has 2 heterocycles. The molecule has 1 atom stereocenters. The van der Waals surface area contributed by atoms with Gasteiger partial charge in [-0.3, -0.25) is 0 Å². The lowest BCUT2D eigenvalue weighted by atomic mass is 10.2. The number of hydrogen-bond acceptors (Lipinski definition) is 3. The molecule has 1 aliphatic carbocycles. The zero-order chi connectivity index (χ0) is 12.5. The summed E-state index contributed by atoms with van der Waals surface area (Å²) in [6.07, 6.45) is 3.59. The van der Waals surface area contributed by atoms with E-state index in [1.54, 1.807) is 0 Å². The van der Waals surface area contributed by atoms with Gasteiger partial charge in [0.1, 0.15) is 5.82 Å². The average molecular weight is 258 g/mol. The fourth-order valence-corrected chi connectivity index (χ4v) is 3.36. The van der Waals surface area contributed by atoms with Gasteiger partial charge >= 0.3 is 0 Å². The topological polar surface area (TPSA) is 24.9 Å². The summed E-state index contributed by atoms with van der Waals surface area (Å²) in [6.45, 7) is 4.34. The van der Waals surface area contributed by atoms with E-state index in [4.69, 9.17) is 4.98 Å². The highest BCUT2D eigenvalue weighted by Crippen LogP contribution is 2.27. The molecular formula is C15H18N2S. The summed E-state index contributed by atoms with van der Waals surface area (Å²) < 4.78 is 0. The van der Waals surface area contributed by atoms with E-state index in [0.717, 1.165) is 12.2 Å². The highest BCUT2D eigenvalue weighted by Gasteiger charge is 2.14. The van der Waals surface area contributed by atoms with E-state index >= 15 is 0 Å². The first kappa shape index (κ1) is 11.7. The van der Waals surface area contributed by atoms with Crippen molar-refractivity contribution in [3.05, 3.63) is 45.3 Å². The summed E-state index contributed by atoms with van der Waals surface area (Å²) in [7, 11) is 0. The molecule has 0 aromatic carbocycles. The van der Waals surface area contributed by atoms with Crippen LogP contribution in [0.25, 0.3) is 0 Å². The van der Waals surface area contributed by atoms with Gasteiger partial charge in [-0.25, -0.2) is 4.98 Å². The maximum absolute atomic E-state index is 4.72. The van der Waals surface area contributed by atoms with Crippen molar-refractivity contribution in [1.29, 1.82) is 0 Å². The second kappa shape index (κ2) is 4.73. The minimum atomic E-state index is 0.329. The molecule has 0 saturated carbocycles. The molecular weight excluding hydrogens is 240 g/mol. The summed E-state index contributed by atoms with van der Waals surface area (Å²) in [4.78, 5) is 7.45. The van der Waals surface area contributed by atoms with E-state index < -0.39 is 0 Å². The van der Waals surface area contributed by atoms with E-state index in [-0.39, 0.29) is 0 Å². The Hall–Kier alpha value is -1.35. The molecule has 94 valence electrons. The number of pyridine rings is 1. The highest BCUT2D eigenvalue weighted by atomic mass is 32.1. The van der Waals surface area contributed by atoms with Crippen LogP contribution in [0, 0.1) is 6.92 Å². The molecule has 0 spiro atoms. The van der Waals surface area contributed by atoms with Gasteiger partial charge in [-0.05, 0) is 56.9 Å². The average Bonchev–Trinajstić information content (AvgIpc) is 2.96. The number of aryl methyl sites for hydroxylation is 3. The van der Waals surface area contributed by atoms with E-state index in [2.05, 4.69) is 43.4 Å². The Morgan fingerprint density at radius 3 is 2.89 bits per heavy atom. The third-order valence-corrected chi connectivity index (χ3v) is 4.66. The Morgan fingerprint density at radius 1 is 1.22 bits per heavy atom. The SMILES string of the molecule is Cc1ccc(C(C)Nc2ccc3c(n2)CCC3)s1. The van der Waals surface area contributed by atoms with Crippen LogP contribution >= 0.6 is 11.3 Å². The van der Waals surface area contributed by atoms with Crippen molar-refractivity contribution in [2.75, 3.05) is 5.32 Å². The molecule has 0 saturated heterocycles. The smallest absolute Gasteiger partial charge is 0.126 e. The van der Waals surface area contributed by atoms with Crippen molar-refractivity contribution in [2.24, 2.45) is 0 Å². The number of thiophene rings is 1. The fraction of sp³-hybridized carbons (Fsp3) is 0.400. The van der Waals surface area contributed by atoms with Gasteiger partial charge in [0.25, 0.3) is 0 Å². The second-order valence-electron chi connectivity index (χ2n) is 4.97. The highest BCUT2D eigenvalue weighted by molar-refractivity contribution is 7.12. The van der Waals surface area contributed by atoms with Crippen LogP contribution in [0.4, 0.5) is 5.82 Å². The van der Waals surface area contributed by atoms with E-state index in [1.807, 2.05) is 11.3 Å². The number of fused-ring (bicyclic) bond motifs is 1. The molecule has 3 rings (SSSR count). The number of nitrogens with zero attached hydrogens (tertiary/aromatic N) is 1. The summed E-state index contributed by atoms with van der Waals surface area (Å²) in [5.41, 5.74) is 2.72. The number of aromatic nitrogens is 1. The lowest BCUT2D eigenvalue weighted by Gasteiger charge is -2.13. The van der Waals surface area contributed by atoms with Crippen LogP contribution in [-0.4, -0.2) is 4.98 Å². The van der Waals surface area contributed by atoms with Gasteiger partial charge in [0.05, 0.1) is 6.04 Å². The van der Waals surface area contributed by atoms with Gasteiger partial charge in [-0.1, -0.05) is 6.07 Å². The molecule has 0 amide bonds. The summed E-state index contributed by atoms with van der Waals surface area (Å²) in [5.74, 6) is 1.01. The Bertz CT molecular complexity index is 559. The molecule has 0 radical (unpaired) electrons. The number of anilines is 1. The third-order valence-electron chi connectivity index (χ3n) is 3.48. The molecule has 2 aromatic heterocycles. The lowest BCUT2D eigenvalue weighted by Crippen LogP contribution is -2.07. The van der Waals surface area contributed by atoms with Crippen LogP contribution in [0.3, 0.4) is 0 Å². The molecule has 0 fully saturated rings. The summed E-state index contributed by atoms with van der Waals surface area (Å²) in [6, 6.07) is 9.04. The molecule has 2 aromatic rings. The van der Waals surface area contributed by atoms with Gasteiger partial charge < -0.3 is 5.32 Å². The first-order valence-corrected chi connectivity index (χ1v) is 7.36. The lowest BCUT2D eigenvalue weighted by molar-refractivity contribution is 0.881. The molecule has 1 N–H and O–H groups in total. The van der Waals surface area contributed by atoms with Crippen molar-refractivity contribution < 1.29 is 0 Å². The van der Waals surface area contributed by atoms with Crippen LogP contribution in [-0.2, 0) is 12.8 Å². The number of nitrogens with one attached hydrogen (secondary N) is 1. The minimum Gasteiger partial charge on any atom is -0.363 e. The zero-order valence-electron chi connectivity index (χ0n) is 10.9. The summed E-state index contributed by atoms with van der Waals surface area (Å²) >= 11 is 1.85. The molecule has 18 heavy (non-hydrogen) atoms. The third kappa shape index (κ3) is 2.27. The van der Waals surface area contributed by atoms with Gasteiger partial charge in [0.15, 0.2) is 0 Å². The Morgan fingerprint density at radius 2 is 2.11 bits per heavy atom.